The molecule has 0 unspecified atom stereocenters. The first-order valence-corrected chi connectivity index (χ1v) is 9.07. The molecule has 1 aromatic heterocycles. The first-order valence-electron chi connectivity index (χ1n) is 9.07. The quantitative estimate of drug-likeness (QED) is 0.876. The van der Waals surface area contributed by atoms with Crippen molar-refractivity contribution in [2.75, 3.05) is 7.05 Å². The summed E-state index contributed by atoms with van der Waals surface area (Å²) in [5.74, 6) is -0.909. The lowest BCUT2D eigenvalue weighted by atomic mass is 9.90. The highest BCUT2D eigenvalue weighted by atomic mass is 16.4. The van der Waals surface area contributed by atoms with E-state index in [0.29, 0.717) is 6.04 Å². The molecule has 0 bridgehead atoms. The number of aromatic nitrogens is 2. The van der Waals surface area contributed by atoms with Gasteiger partial charge in [-0.3, -0.25) is 9.58 Å². The smallest absolute Gasteiger partial charge is 0.356 e. The Labute approximate surface area is 149 Å². The summed E-state index contributed by atoms with van der Waals surface area (Å²) in [4.78, 5) is 14.0. The van der Waals surface area contributed by atoms with Crippen LogP contribution < -0.4 is 0 Å². The molecule has 25 heavy (non-hydrogen) atoms. The zero-order chi connectivity index (χ0) is 18.0. The Balaban J connectivity index is 1.80. The van der Waals surface area contributed by atoms with Crippen molar-refractivity contribution in [1.29, 1.82) is 0 Å². The van der Waals surface area contributed by atoms with Gasteiger partial charge in [0.05, 0.1) is 0 Å². The van der Waals surface area contributed by atoms with E-state index in [1.54, 1.807) is 0 Å². The second-order valence-corrected chi connectivity index (χ2v) is 7.04. The molecule has 0 aliphatic heterocycles. The number of benzene rings is 1. The zero-order valence-corrected chi connectivity index (χ0v) is 15.3. The first kappa shape index (κ1) is 17.7. The Morgan fingerprint density at radius 1 is 1.40 bits per heavy atom. The van der Waals surface area contributed by atoms with Crippen LogP contribution in [0.3, 0.4) is 0 Å². The van der Waals surface area contributed by atoms with Gasteiger partial charge in [0.2, 0.25) is 0 Å². The highest BCUT2D eigenvalue weighted by Gasteiger charge is 2.30. The lowest BCUT2D eigenvalue weighted by Crippen LogP contribution is -2.36. The van der Waals surface area contributed by atoms with Crippen molar-refractivity contribution in [3.63, 3.8) is 0 Å². The fourth-order valence-corrected chi connectivity index (χ4v) is 3.80. The topological polar surface area (TPSA) is 58.4 Å². The van der Waals surface area contributed by atoms with E-state index in [1.165, 1.54) is 11.1 Å². The highest BCUT2D eigenvalue weighted by Crippen LogP contribution is 2.28. The van der Waals surface area contributed by atoms with Gasteiger partial charge in [0.25, 0.3) is 0 Å². The molecule has 5 nitrogen and oxygen atoms in total. The molecular formula is C20H27N3O2. The monoisotopic (exact) mass is 341 g/mol. The standard InChI is InChI=1S/C20H27N3O2/c1-4-11-23-18-10-9-16(12-17(18)19(21-23)20(24)25)22(3)13-15-8-6-5-7-14(15)2/h5-8,16H,4,9-13H2,1-3H3,(H,24,25)/t16-/m0/s1. The number of likely N-dealkylation sites (N-methyl/N-ethyl adjacent to an activating group) is 1. The van der Waals surface area contributed by atoms with Crippen LogP contribution in [0.2, 0.25) is 0 Å². The van der Waals surface area contributed by atoms with Crippen LogP contribution in [0.25, 0.3) is 0 Å². The maximum atomic E-state index is 11.6. The Bertz CT molecular complexity index is 766. The number of aromatic carboxylic acids is 1. The highest BCUT2D eigenvalue weighted by molar-refractivity contribution is 5.87. The third-order valence-electron chi connectivity index (χ3n) is 5.26. The van der Waals surface area contributed by atoms with Crippen LogP contribution in [0.15, 0.2) is 24.3 Å². The molecule has 134 valence electrons. The van der Waals surface area contributed by atoms with Gasteiger partial charge in [-0.2, -0.15) is 5.10 Å². The van der Waals surface area contributed by atoms with Gasteiger partial charge in [0.1, 0.15) is 0 Å². The summed E-state index contributed by atoms with van der Waals surface area (Å²) in [5, 5.41) is 13.9. The Morgan fingerprint density at radius 3 is 2.84 bits per heavy atom. The number of carboxylic acid groups (broad SMARTS) is 1. The summed E-state index contributed by atoms with van der Waals surface area (Å²) >= 11 is 0. The van der Waals surface area contributed by atoms with Gasteiger partial charge >= 0.3 is 5.97 Å². The molecule has 0 spiro atoms. The van der Waals surface area contributed by atoms with Crippen molar-refractivity contribution in [2.24, 2.45) is 0 Å². The Morgan fingerprint density at radius 2 is 2.16 bits per heavy atom. The minimum atomic E-state index is -0.909. The van der Waals surface area contributed by atoms with Crippen LogP contribution in [0, 0.1) is 6.92 Å². The fourth-order valence-electron chi connectivity index (χ4n) is 3.80. The fraction of sp³-hybridized carbons (Fsp3) is 0.500. The summed E-state index contributed by atoms with van der Waals surface area (Å²) in [6.07, 6.45) is 3.68. The number of carboxylic acids is 1. The van der Waals surface area contributed by atoms with E-state index in [2.05, 4.69) is 55.2 Å². The van der Waals surface area contributed by atoms with Crippen molar-refractivity contribution < 1.29 is 9.90 Å². The van der Waals surface area contributed by atoms with E-state index >= 15 is 0 Å². The summed E-state index contributed by atoms with van der Waals surface area (Å²) in [5.41, 5.74) is 4.94. The molecule has 1 aliphatic carbocycles. The molecule has 0 amide bonds. The predicted molar refractivity (Wildman–Crippen MR) is 97.9 cm³/mol. The average molecular weight is 341 g/mol. The largest absolute Gasteiger partial charge is 0.476 e. The van der Waals surface area contributed by atoms with E-state index in [1.807, 2.05) is 4.68 Å². The first-order chi connectivity index (χ1) is 12.0. The van der Waals surface area contributed by atoms with E-state index in [9.17, 15) is 9.90 Å². The number of aryl methyl sites for hydroxylation is 2. The molecule has 1 N–H and O–H groups in total. The molecular weight excluding hydrogens is 314 g/mol. The van der Waals surface area contributed by atoms with Crippen molar-refractivity contribution in [1.82, 2.24) is 14.7 Å². The van der Waals surface area contributed by atoms with Gasteiger partial charge in [0.15, 0.2) is 5.69 Å². The second kappa shape index (κ2) is 7.40. The average Bonchev–Trinajstić information content (AvgIpc) is 2.95. The lowest BCUT2D eigenvalue weighted by molar-refractivity contribution is 0.0687. The van der Waals surface area contributed by atoms with Crippen LogP contribution in [-0.4, -0.2) is 38.8 Å². The van der Waals surface area contributed by atoms with Crippen molar-refractivity contribution in [2.45, 2.75) is 58.7 Å². The third kappa shape index (κ3) is 3.61. The van der Waals surface area contributed by atoms with Gasteiger partial charge in [-0.1, -0.05) is 31.2 Å². The van der Waals surface area contributed by atoms with Crippen LogP contribution in [0.4, 0.5) is 0 Å². The molecule has 5 heteroatoms. The van der Waals surface area contributed by atoms with Crippen LogP contribution >= 0.6 is 0 Å². The summed E-state index contributed by atoms with van der Waals surface area (Å²) in [7, 11) is 2.14. The number of hydrogen-bond donors (Lipinski definition) is 1. The van der Waals surface area contributed by atoms with Crippen molar-refractivity contribution in [3.8, 4) is 0 Å². The summed E-state index contributed by atoms with van der Waals surface area (Å²) in [6, 6.07) is 8.80. The van der Waals surface area contributed by atoms with Crippen molar-refractivity contribution >= 4 is 5.97 Å². The van der Waals surface area contributed by atoms with E-state index in [4.69, 9.17) is 0 Å². The number of nitrogens with zero attached hydrogens (tertiary/aromatic N) is 3. The van der Waals surface area contributed by atoms with Crippen LogP contribution in [0.1, 0.15) is 52.6 Å². The maximum Gasteiger partial charge on any atom is 0.356 e. The molecule has 3 rings (SSSR count). The van der Waals surface area contributed by atoms with Crippen molar-refractivity contribution in [3.05, 3.63) is 52.3 Å². The molecule has 0 radical (unpaired) electrons. The third-order valence-corrected chi connectivity index (χ3v) is 5.26. The lowest BCUT2D eigenvalue weighted by Gasteiger charge is -2.32. The van der Waals surface area contributed by atoms with E-state index < -0.39 is 5.97 Å². The van der Waals surface area contributed by atoms with Gasteiger partial charge < -0.3 is 5.11 Å². The minimum Gasteiger partial charge on any atom is -0.476 e. The number of hydrogen-bond acceptors (Lipinski definition) is 3. The molecule has 2 aromatic rings. The maximum absolute atomic E-state index is 11.6. The summed E-state index contributed by atoms with van der Waals surface area (Å²) < 4.78 is 1.91. The van der Waals surface area contributed by atoms with Gasteiger partial charge in [-0.25, -0.2) is 4.79 Å². The predicted octanol–water partition coefficient (Wildman–Crippen LogP) is 3.29. The van der Waals surface area contributed by atoms with Gasteiger partial charge in [-0.05, 0) is 50.8 Å². The molecule has 1 aromatic carbocycles. The van der Waals surface area contributed by atoms with Gasteiger partial charge in [0, 0.05) is 30.4 Å². The number of rotatable bonds is 6. The zero-order valence-electron chi connectivity index (χ0n) is 15.3. The summed E-state index contributed by atoms with van der Waals surface area (Å²) in [6.45, 7) is 5.91. The second-order valence-electron chi connectivity index (χ2n) is 7.04. The Hall–Kier alpha value is -2.14. The number of fused-ring (bicyclic) bond motifs is 1. The van der Waals surface area contributed by atoms with E-state index in [0.717, 1.165) is 50.0 Å². The molecule has 1 atom stereocenters. The SMILES string of the molecule is CCCn1nc(C(=O)O)c2c1CC[C@H](N(C)Cc1ccccc1C)C2. The van der Waals surface area contributed by atoms with E-state index in [-0.39, 0.29) is 5.69 Å². The van der Waals surface area contributed by atoms with Crippen LogP contribution in [0.5, 0.6) is 0 Å². The number of carbonyl (C=O) groups is 1. The van der Waals surface area contributed by atoms with Crippen LogP contribution in [-0.2, 0) is 25.9 Å². The normalized spacial score (nSPS) is 16.9. The minimum absolute atomic E-state index is 0.248. The molecule has 0 saturated carbocycles. The molecule has 1 heterocycles. The molecule has 0 saturated heterocycles. The Kier molecular flexibility index (Phi) is 5.23. The molecule has 1 aliphatic rings. The van der Waals surface area contributed by atoms with Gasteiger partial charge in [-0.15, -0.1) is 0 Å². The molecule has 0 fully saturated rings.